The first-order valence-electron chi connectivity index (χ1n) is 7.06. The highest BCUT2D eigenvalue weighted by Crippen LogP contribution is 2.27. The lowest BCUT2D eigenvalue weighted by Gasteiger charge is -2.18. The molecule has 19 heavy (non-hydrogen) atoms. The van der Waals surface area contributed by atoms with Crippen LogP contribution in [0.25, 0.3) is 0 Å². The molecule has 5 nitrogen and oxygen atoms in total. The van der Waals surface area contributed by atoms with Crippen LogP contribution in [0.3, 0.4) is 0 Å². The minimum atomic E-state index is -3.46. The Labute approximate surface area is 115 Å². The third kappa shape index (κ3) is 2.84. The minimum absolute atomic E-state index is 0.243. The summed E-state index contributed by atoms with van der Waals surface area (Å²) in [7, 11) is -3.46. The van der Waals surface area contributed by atoms with E-state index >= 15 is 0 Å². The number of sulfonamides is 1. The van der Waals surface area contributed by atoms with Gasteiger partial charge in [-0.3, -0.25) is 0 Å². The summed E-state index contributed by atoms with van der Waals surface area (Å²) in [6.07, 6.45) is 3.74. The van der Waals surface area contributed by atoms with Gasteiger partial charge in [-0.1, -0.05) is 20.8 Å². The zero-order chi connectivity index (χ0) is 14.0. The first kappa shape index (κ1) is 14.5. The molecular weight excluding hydrogens is 262 g/mol. The van der Waals surface area contributed by atoms with Crippen molar-refractivity contribution in [3.63, 3.8) is 0 Å². The number of imidazole rings is 1. The number of hydrogen-bond donors (Lipinski definition) is 1. The molecule has 0 atom stereocenters. The van der Waals surface area contributed by atoms with E-state index in [-0.39, 0.29) is 10.9 Å². The summed E-state index contributed by atoms with van der Waals surface area (Å²) < 4.78 is 29.4. The number of nitrogens with one attached hydrogen (secondary N) is 1. The van der Waals surface area contributed by atoms with Crippen LogP contribution in [0.1, 0.15) is 57.5 Å². The van der Waals surface area contributed by atoms with E-state index < -0.39 is 10.0 Å². The molecule has 0 aromatic carbocycles. The molecule has 0 unspecified atom stereocenters. The lowest BCUT2D eigenvalue weighted by molar-refractivity contribution is 0.500. The number of nitrogens with zero attached hydrogens (tertiary/aromatic N) is 2. The number of aromatic nitrogens is 2. The maximum atomic E-state index is 12.3. The third-order valence-electron chi connectivity index (χ3n) is 3.42. The van der Waals surface area contributed by atoms with Gasteiger partial charge in [-0.05, 0) is 25.7 Å². The van der Waals surface area contributed by atoms with Crippen LogP contribution < -0.4 is 4.72 Å². The lowest BCUT2D eigenvalue weighted by Crippen LogP contribution is -2.26. The minimum Gasteiger partial charge on any atom is -0.330 e. The quantitative estimate of drug-likeness (QED) is 0.900. The Balaban J connectivity index is 2.46. The van der Waals surface area contributed by atoms with Gasteiger partial charge in [0, 0.05) is 19.0 Å². The van der Waals surface area contributed by atoms with Crippen molar-refractivity contribution in [2.24, 2.45) is 0 Å². The molecule has 1 N–H and O–H groups in total. The van der Waals surface area contributed by atoms with Crippen LogP contribution in [0.15, 0.2) is 5.03 Å². The van der Waals surface area contributed by atoms with Crippen LogP contribution >= 0.6 is 0 Å². The molecule has 0 aliphatic carbocycles. The summed E-state index contributed by atoms with van der Waals surface area (Å²) in [5.74, 6) is 1.14. The summed E-state index contributed by atoms with van der Waals surface area (Å²) in [4.78, 5) is 4.43. The molecule has 108 valence electrons. The van der Waals surface area contributed by atoms with Crippen molar-refractivity contribution in [3.05, 3.63) is 11.5 Å². The first-order chi connectivity index (χ1) is 8.97. The van der Waals surface area contributed by atoms with Crippen molar-refractivity contribution in [2.75, 3.05) is 6.54 Å². The second kappa shape index (κ2) is 5.63. The van der Waals surface area contributed by atoms with E-state index in [9.17, 15) is 8.42 Å². The van der Waals surface area contributed by atoms with Crippen LogP contribution in [-0.4, -0.2) is 24.5 Å². The average molecular weight is 285 g/mol. The van der Waals surface area contributed by atoms with Gasteiger partial charge in [0.2, 0.25) is 0 Å². The first-order valence-corrected chi connectivity index (χ1v) is 8.54. The highest BCUT2D eigenvalue weighted by molar-refractivity contribution is 7.89. The highest BCUT2D eigenvalue weighted by Gasteiger charge is 2.28. The van der Waals surface area contributed by atoms with Crippen LogP contribution in [0.2, 0.25) is 0 Å². The molecule has 0 saturated heterocycles. The Morgan fingerprint density at radius 2 is 2.11 bits per heavy atom. The molecule has 1 aromatic rings. The Morgan fingerprint density at radius 3 is 2.74 bits per heavy atom. The highest BCUT2D eigenvalue weighted by atomic mass is 32.2. The third-order valence-corrected chi connectivity index (χ3v) is 4.84. The van der Waals surface area contributed by atoms with Gasteiger partial charge in [-0.2, -0.15) is 0 Å². The number of hydrogen-bond acceptors (Lipinski definition) is 3. The molecule has 0 radical (unpaired) electrons. The Kier molecular flexibility index (Phi) is 4.30. The standard InChI is InChI=1S/C13H23N3O2S/c1-4-8-14-19(17,18)13-11-7-5-6-9-16(11)12(15-13)10(2)3/h10,14H,4-9H2,1-3H3. The van der Waals surface area contributed by atoms with Crippen molar-refractivity contribution in [1.82, 2.24) is 14.3 Å². The molecule has 0 saturated carbocycles. The number of fused-ring (bicyclic) bond motifs is 1. The molecule has 1 aromatic heterocycles. The van der Waals surface area contributed by atoms with Crippen LogP contribution in [0, 0.1) is 0 Å². The van der Waals surface area contributed by atoms with Crippen molar-refractivity contribution < 1.29 is 8.42 Å². The summed E-state index contributed by atoms with van der Waals surface area (Å²) in [5.41, 5.74) is 0.888. The molecular formula is C13H23N3O2S. The summed E-state index contributed by atoms with van der Waals surface area (Å²) in [6, 6.07) is 0. The molecule has 0 spiro atoms. The maximum Gasteiger partial charge on any atom is 0.259 e. The monoisotopic (exact) mass is 285 g/mol. The molecule has 0 fully saturated rings. The topological polar surface area (TPSA) is 64.0 Å². The van der Waals surface area contributed by atoms with Crippen molar-refractivity contribution >= 4 is 10.0 Å². The fourth-order valence-electron chi connectivity index (χ4n) is 2.50. The zero-order valence-corrected chi connectivity index (χ0v) is 12.8. The normalized spacial score (nSPS) is 15.8. The van der Waals surface area contributed by atoms with E-state index in [1.165, 1.54) is 0 Å². The smallest absolute Gasteiger partial charge is 0.259 e. The summed E-state index contributed by atoms with van der Waals surface area (Å²) in [6.45, 7) is 7.41. The van der Waals surface area contributed by atoms with Gasteiger partial charge < -0.3 is 4.57 Å². The van der Waals surface area contributed by atoms with E-state index in [0.717, 1.165) is 43.7 Å². The predicted octanol–water partition coefficient (Wildman–Crippen LogP) is 2.03. The number of rotatable bonds is 5. The predicted molar refractivity (Wildman–Crippen MR) is 74.7 cm³/mol. The van der Waals surface area contributed by atoms with E-state index in [0.29, 0.717) is 6.54 Å². The lowest BCUT2D eigenvalue weighted by atomic mass is 10.1. The Morgan fingerprint density at radius 1 is 1.37 bits per heavy atom. The van der Waals surface area contributed by atoms with Gasteiger partial charge in [0.25, 0.3) is 10.0 Å². The van der Waals surface area contributed by atoms with Crippen molar-refractivity contribution in [1.29, 1.82) is 0 Å². The fraction of sp³-hybridized carbons (Fsp3) is 0.769. The van der Waals surface area contributed by atoms with Gasteiger partial charge in [-0.15, -0.1) is 0 Å². The van der Waals surface area contributed by atoms with Gasteiger partial charge in [-0.25, -0.2) is 18.1 Å². The van der Waals surface area contributed by atoms with Gasteiger partial charge in [0.05, 0.1) is 5.69 Å². The second-order valence-corrected chi connectivity index (χ2v) is 7.07. The molecule has 2 rings (SSSR count). The van der Waals surface area contributed by atoms with Crippen molar-refractivity contribution in [2.45, 2.75) is 63.9 Å². The Hall–Kier alpha value is -0.880. The van der Waals surface area contributed by atoms with Gasteiger partial charge >= 0.3 is 0 Å². The average Bonchev–Trinajstić information content (AvgIpc) is 2.77. The van der Waals surface area contributed by atoms with Crippen molar-refractivity contribution in [3.8, 4) is 0 Å². The molecule has 1 aliphatic heterocycles. The fourth-order valence-corrected chi connectivity index (χ4v) is 3.84. The second-order valence-electron chi connectivity index (χ2n) is 5.38. The summed E-state index contributed by atoms with van der Waals surface area (Å²) in [5, 5.41) is 0.254. The SMILES string of the molecule is CCCNS(=O)(=O)c1nc(C(C)C)n2c1CCCC2. The summed E-state index contributed by atoms with van der Waals surface area (Å²) >= 11 is 0. The molecule has 0 bridgehead atoms. The molecule has 1 aliphatic rings. The van der Waals surface area contributed by atoms with E-state index in [1.54, 1.807) is 0 Å². The van der Waals surface area contributed by atoms with Crippen LogP contribution in [-0.2, 0) is 23.0 Å². The largest absolute Gasteiger partial charge is 0.330 e. The van der Waals surface area contributed by atoms with Gasteiger partial charge in [0.15, 0.2) is 5.03 Å². The van der Waals surface area contributed by atoms with E-state index in [4.69, 9.17) is 0 Å². The van der Waals surface area contributed by atoms with Gasteiger partial charge in [0.1, 0.15) is 5.82 Å². The van der Waals surface area contributed by atoms with Crippen LogP contribution in [0.4, 0.5) is 0 Å². The Bertz CT molecular complexity index is 546. The molecule has 6 heteroatoms. The maximum absolute atomic E-state index is 12.3. The van der Waals surface area contributed by atoms with Crippen LogP contribution in [0.5, 0.6) is 0 Å². The molecule has 2 heterocycles. The van der Waals surface area contributed by atoms with E-state index in [1.807, 2.05) is 6.92 Å². The van der Waals surface area contributed by atoms with E-state index in [2.05, 4.69) is 28.1 Å². The zero-order valence-electron chi connectivity index (χ0n) is 11.9. The molecule has 0 amide bonds.